The minimum Gasteiger partial charge on any atom is -0.493 e. The molecule has 0 aliphatic carbocycles. The third-order valence-electron chi connectivity index (χ3n) is 4.42. The van der Waals surface area contributed by atoms with Crippen LogP contribution in [0.3, 0.4) is 0 Å². The van der Waals surface area contributed by atoms with Crippen LogP contribution >= 0.6 is 0 Å². The van der Waals surface area contributed by atoms with Crippen LogP contribution < -0.4 is 26.0 Å². The molecule has 0 bridgehead atoms. The van der Waals surface area contributed by atoms with Crippen molar-refractivity contribution in [1.82, 2.24) is 14.3 Å². The summed E-state index contributed by atoms with van der Waals surface area (Å²) in [7, 11) is 3.04. The molecule has 1 aromatic heterocycles. The molecular formula is C21H22N4O5. The van der Waals surface area contributed by atoms with Gasteiger partial charge in [0, 0.05) is 12.6 Å². The van der Waals surface area contributed by atoms with Gasteiger partial charge in [0.1, 0.15) is 5.69 Å². The van der Waals surface area contributed by atoms with Crippen LogP contribution in [-0.2, 0) is 11.3 Å². The van der Waals surface area contributed by atoms with Crippen LogP contribution in [0.4, 0.5) is 5.69 Å². The molecule has 30 heavy (non-hydrogen) atoms. The van der Waals surface area contributed by atoms with Crippen LogP contribution in [-0.4, -0.2) is 34.5 Å². The van der Waals surface area contributed by atoms with Crippen molar-refractivity contribution in [1.29, 1.82) is 0 Å². The maximum absolute atomic E-state index is 13.1. The molecule has 1 N–H and O–H groups in total. The summed E-state index contributed by atoms with van der Waals surface area (Å²) >= 11 is 0. The van der Waals surface area contributed by atoms with E-state index in [4.69, 9.17) is 9.47 Å². The van der Waals surface area contributed by atoms with Gasteiger partial charge in [-0.2, -0.15) is 9.78 Å². The average Bonchev–Trinajstić information content (AvgIpc) is 2.73. The van der Waals surface area contributed by atoms with E-state index in [9.17, 15) is 14.4 Å². The Hall–Kier alpha value is -3.88. The summed E-state index contributed by atoms with van der Waals surface area (Å²) in [6.07, 6.45) is 0. The van der Waals surface area contributed by atoms with Crippen molar-refractivity contribution in [3.05, 3.63) is 74.6 Å². The topological polar surface area (TPSA) is 104 Å². The number of aromatic nitrogens is 3. The molecule has 0 aliphatic rings. The van der Waals surface area contributed by atoms with Gasteiger partial charge in [0.2, 0.25) is 5.91 Å². The Kier molecular flexibility index (Phi) is 6.01. The molecule has 0 saturated heterocycles. The largest absolute Gasteiger partial charge is 0.493 e. The lowest BCUT2D eigenvalue weighted by Gasteiger charge is -2.13. The second kappa shape index (κ2) is 8.64. The van der Waals surface area contributed by atoms with Crippen molar-refractivity contribution in [2.24, 2.45) is 0 Å². The lowest BCUT2D eigenvalue weighted by atomic mass is 10.2. The number of anilines is 1. The summed E-state index contributed by atoms with van der Waals surface area (Å²) in [6, 6.07) is 11.8. The first-order valence-corrected chi connectivity index (χ1v) is 9.13. The van der Waals surface area contributed by atoms with E-state index in [1.54, 1.807) is 49.4 Å². The van der Waals surface area contributed by atoms with E-state index in [1.807, 2.05) is 0 Å². The Morgan fingerprint density at radius 2 is 1.80 bits per heavy atom. The second-order valence-electron chi connectivity index (χ2n) is 6.59. The lowest BCUT2D eigenvalue weighted by molar-refractivity contribution is -0.114. The van der Waals surface area contributed by atoms with Gasteiger partial charge in [0.15, 0.2) is 11.5 Å². The van der Waals surface area contributed by atoms with Crippen molar-refractivity contribution < 1.29 is 14.3 Å². The quantitative estimate of drug-likeness (QED) is 0.664. The first-order valence-electron chi connectivity index (χ1n) is 9.13. The van der Waals surface area contributed by atoms with Crippen LogP contribution in [0, 0.1) is 6.92 Å². The number of carbonyl (C=O) groups excluding carboxylic acids is 1. The molecule has 9 heteroatoms. The summed E-state index contributed by atoms with van der Waals surface area (Å²) in [5, 5.41) is 6.80. The zero-order valence-corrected chi connectivity index (χ0v) is 17.1. The summed E-state index contributed by atoms with van der Waals surface area (Å²) in [5.74, 6) is 0.811. The zero-order chi connectivity index (χ0) is 21.8. The number of amides is 1. The average molecular weight is 410 g/mol. The van der Waals surface area contributed by atoms with E-state index in [0.717, 1.165) is 9.25 Å². The van der Waals surface area contributed by atoms with Gasteiger partial charge in [-0.3, -0.25) is 14.2 Å². The maximum Gasteiger partial charge on any atom is 0.352 e. The number of aryl methyl sites for hydroxylation is 1. The fourth-order valence-electron chi connectivity index (χ4n) is 3.02. The molecule has 1 amide bonds. The van der Waals surface area contributed by atoms with Crippen molar-refractivity contribution in [2.75, 3.05) is 19.5 Å². The summed E-state index contributed by atoms with van der Waals surface area (Å²) in [6.45, 7) is 2.97. The fraction of sp³-hybridized carbons (Fsp3) is 0.238. The highest BCUT2D eigenvalue weighted by Crippen LogP contribution is 2.27. The highest BCUT2D eigenvalue weighted by Gasteiger charge is 2.14. The molecule has 0 radical (unpaired) electrons. The van der Waals surface area contributed by atoms with Gasteiger partial charge < -0.3 is 14.8 Å². The Morgan fingerprint density at radius 3 is 2.47 bits per heavy atom. The third-order valence-corrected chi connectivity index (χ3v) is 4.42. The smallest absolute Gasteiger partial charge is 0.352 e. The van der Waals surface area contributed by atoms with Crippen molar-refractivity contribution in [2.45, 2.75) is 20.4 Å². The number of carbonyl (C=O) groups is 1. The van der Waals surface area contributed by atoms with Gasteiger partial charge in [-0.25, -0.2) is 4.79 Å². The summed E-state index contributed by atoms with van der Waals surface area (Å²) in [4.78, 5) is 37.0. The molecule has 0 spiro atoms. The van der Waals surface area contributed by atoms with Gasteiger partial charge in [-0.1, -0.05) is 12.1 Å². The van der Waals surface area contributed by atoms with Crippen LogP contribution in [0.15, 0.2) is 52.1 Å². The number of nitrogens with one attached hydrogen (secondary N) is 1. The number of methoxy groups -OCH3 is 2. The minimum absolute atomic E-state index is 0.0345. The van der Waals surface area contributed by atoms with E-state index in [-0.39, 0.29) is 18.1 Å². The molecule has 1 heterocycles. The zero-order valence-electron chi connectivity index (χ0n) is 17.1. The first kappa shape index (κ1) is 20.8. The molecule has 0 aliphatic heterocycles. The van der Waals surface area contributed by atoms with E-state index in [2.05, 4.69) is 10.4 Å². The molecule has 0 saturated carbocycles. The van der Waals surface area contributed by atoms with E-state index in [0.29, 0.717) is 28.4 Å². The molecule has 156 valence electrons. The maximum atomic E-state index is 13.1. The summed E-state index contributed by atoms with van der Waals surface area (Å²) < 4.78 is 12.8. The number of rotatable bonds is 6. The lowest BCUT2D eigenvalue weighted by Crippen LogP contribution is -2.42. The number of hydrogen-bond acceptors (Lipinski definition) is 6. The van der Waals surface area contributed by atoms with Gasteiger partial charge in [-0.05, 0) is 42.8 Å². The van der Waals surface area contributed by atoms with Gasteiger partial charge in [-0.15, -0.1) is 0 Å². The number of ether oxygens (including phenoxy) is 2. The monoisotopic (exact) mass is 410 g/mol. The molecule has 0 unspecified atom stereocenters. The third kappa shape index (κ3) is 4.24. The predicted octanol–water partition coefficient (Wildman–Crippen LogP) is 1.73. The second-order valence-corrected chi connectivity index (χ2v) is 6.59. The molecule has 9 nitrogen and oxygen atoms in total. The molecule has 2 aromatic carbocycles. The number of benzene rings is 2. The van der Waals surface area contributed by atoms with Gasteiger partial charge in [0.05, 0.1) is 26.5 Å². The molecule has 0 fully saturated rings. The fourth-order valence-corrected chi connectivity index (χ4v) is 3.02. The number of hydrogen-bond donors (Lipinski definition) is 1. The SMILES string of the molecule is COc1ccc(Cn2c(=O)c(C)nn(-c3cccc(NC(C)=O)c3)c2=O)cc1OC. The van der Waals surface area contributed by atoms with Crippen LogP contribution in [0.1, 0.15) is 18.2 Å². The van der Waals surface area contributed by atoms with Crippen LogP contribution in [0.25, 0.3) is 5.69 Å². The molecule has 0 atom stereocenters. The Bertz CT molecular complexity index is 1210. The Labute approximate surface area is 172 Å². The minimum atomic E-state index is -0.597. The summed E-state index contributed by atoms with van der Waals surface area (Å²) in [5.41, 5.74) is 0.722. The highest BCUT2D eigenvalue weighted by atomic mass is 16.5. The van der Waals surface area contributed by atoms with Crippen molar-refractivity contribution in [3.8, 4) is 17.2 Å². The Balaban J connectivity index is 2.08. The van der Waals surface area contributed by atoms with Crippen molar-refractivity contribution in [3.63, 3.8) is 0 Å². The van der Waals surface area contributed by atoms with E-state index < -0.39 is 11.2 Å². The van der Waals surface area contributed by atoms with E-state index >= 15 is 0 Å². The van der Waals surface area contributed by atoms with Crippen LogP contribution in [0.2, 0.25) is 0 Å². The molecule has 3 rings (SSSR count). The Morgan fingerprint density at radius 1 is 1.07 bits per heavy atom. The first-order chi connectivity index (χ1) is 14.3. The standard InChI is InChI=1S/C21H22N4O5/c1-13-20(27)24(12-15-8-9-18(29-3)19(10-15)30-4)21(28)25(23-13)17-7-5-6-16(11-17)22-14(2)26/h5-11H,12H2,1-4H3,(H,22,26). The molecule has 3 aromatic rings. The normalized spacial score (nSPS) is 10.5. The number of nitrogens with zero attached hydrogens (tertiary/aromatic N) is 3. The highest BCUT2D eigenvalue weighted by molar-refractivity contribution is 5.88. The van der Waals surface area contributed by atoms with Crippen LogP contribution in [0.5, 0.6) is 11.5 Å². The molecular weight excluding hydrogens is 388 g/mol. The predicted molar refractivity (Wildman–Crippen MR) is 112 cm³/mol. The van der Waals surface area contributed by atoms with Gasteiger partial charge in [0.25, 0.3) is 5.56 Å². The van der Waals surface area contributed by atoms with Gasteiger partial charge >= 0.3 is 5.69 Å². The van der Waals surface area contributed by atoms with E-state index in [1.165, 1.54) is 21.1 Å². The van der Waals surface area contributed by atoms with Crippen molar-refractivity contribution >= 4 is 11.6 Å².